The molecule has 0 saturated carbocycles. The lowest BCUT2D eigenvalue weighted by molar-refractivity contribution is 0.322. The highest BCUT2D eigenvalue weighted by molar-refractivity contribution is 9.10. The van der Waals surface area contributed by atoms with Gasteiger partial charge in [-0.1, -0.05) is 12.1 Å². The van der Waals surface area contributed by atoms with Crippen molar-refractivity contribution in [1.82, 2.24) is 0 Å². The quantitative estimate of drug-likeness (QED) is 0.649. The monoisotopic (exact) mass is 362 g/mol. The van der Waals surface area contributed by atoms with Crippen molar-refractivity contribution in [1.29, 1.82) is 0 Å². The molecule has 0 radical (unpaired) electrons. The van der Waals surface area contributed by atoms with Crippen LogP contribution in [0.3, 0.4) is 0 Å². The van der Waals surface area contributed by atoms with Crippen LogP contribution < -0.4 is 10.4 Å². The van der Waals surface area contributed by atoms with E-state index in [1.54, 1.807) is 30.3 Å². The normalized spacial score (nSPS) is 10.8. The lowest BCUT2D eigenvalue weighted by Crippen LogP contribution is -2.02. The molecule has 0 aliphatic rings. The predicted molar refractivity (Wildman–Crippen MR) is 85.8 cm³/mol. The van der Waals surface area contributed by atoms with Crippen LogP contribution in [0.15, 0.2) is 62.2 Å². The number of hydrogen-bond donors (Lipinski definition) is 0. The molecule has 3 rings (SSSR count). The molecular formula is C17H12BrFO3. The van der Waals surface area contributed by atoms with E-state index in [2.05, 4.69) is 15.9 Å². The van der Waals surface area contributed by atoms with Crippen LogP contribution in [0.25, 0.3) is 11.0 Å². The molecule has 0 bridgehead atoms. The largest absolute Gasteiger partial charge is 0.493 e. The number of halogens is 2. The third-order valence-electron chi connectivity index (χ3n) is 3.23. The zero-order chi connectivity index (χ0) is 15.5. The minimum atomic E-state index is -0.405. The molecule has 0 spiro atoms. The van der Waals surface area contributed by atoms with Gasteiger partial charge in [0.2, 0.25) is 0 Å². The van der Waals surface area contributed by atoms with E-state index in [0.29, 0.717) is 28.8 Å². The van der Waals surface area contributed by atoms with Crippen molar-refractivity contribution in [3.8, 4) is 5.75 Å². The van der Waals surface area contributed by atoms with Gasteiger partial charge in [-0.15, -0.1) is 0 Å². The highest BCUT2D eigenvalue weighted by Crippen LogP contribution is 2.22. The number of fused-ring (bicyclic) bond motifs is 1. The molecule has 0 aliphatic heterocycles. The summed E-state index contributed by atoms with van der Waals surface area (Å²) in [5.41, 5.74) is 1.12. The van der Waals surface area contributed by atoms with Crippen LogP contribution in [0.1, 0.15) is 5.56 Å². The van der Waals surface area contributed by atoms with Gasteiger partial charge in [0.15, 0.2) is 0 Å². The Morgan fingerprint density at radius 1 is 1.09 bits per heavy atom. The summed E-state index contributed by atoms with van der Waals surface area (Å²) >= 11 is 3.15. The summed E-state index contributed by atoms with van der Waals surface area (Å²) in [5, 5.41) is 0.783. The Kier molecular flexibility index (Phi) is 4.24. The van der Waals surface area contributed by atoms with E-state index in [9.17, 15) is 9.18 Å². The molecule has 0 atom stereocenters. The van der Waals surface area contributed by atoms with Crippen molar-refractivity contribution in [3.05, 3.63) is 74.8 Å². The lowest BCUT2D eigenvalue weighted by atomic mass is 10.1. The van der Waals surface area contributed by atoms with Crippen molar-refractivity contribution >= 4 is 26.9 Å². The Morgan fingerprint density at radius 2 is 1.86 bits per heavy atom. The maximum atomic E-state index is 12.8. The molecule has 0 unspecified atom stereocenters. The summed E-state index contributed by atoms with van der Waals surface area (Å²) in [6.45, 7) is 0.481. The first-order valence-corrected chi connectivity index (χ1v) is 7.52. The second-order valence-electron chi connectivity index (χ2n) is 4.81. The van der Waals surface area contributed by atoms with Crippen LogP contribution in [0, 0.1) is 5.82 Å². The standard InChI is InChI=1S/C17H12BrFO3/c18-15-10-12-9-14(5-6-16(12)22-17(15)20)21-8-7-11-1-3-13(19)4-2-11/h1-6,9-10H,7-8H2. The van der Waals surface area contributed by atoms with Gasteiger partial charge in [0.1, 0.15) is 21.6 Å². The van der Waals surface area contributed by atoms with Crippen LogP contribution in [0.4, 0.5) is 4.39 Å². The summed E-state index contributed by atoms with van der Waals surface area (Å²) in [7, 11) is 0. The van der Waals surface area contributed by atoms with E-state index in [1.165, 1.54) is 12.1 Å². The van der Waals surface area contributed by atoms with Crippen LogP contribution >= 0.6 is 15.9 Å². The Bertz CT molecular complexity index is 856. The Balaban J connectivity index is 1.70. The number of benzene rings is 2. The molecule has 112 valence electrons. The summed E-state index contributed by atoms with van der Waals surface area (Å²) in [6, 6.07) is 13.3. The van der Waals surface area contributed by atoms with Crippen LogP contribution in [-0.2, 0) is 6.42 Å². The van der Waals surface area contributed by atoms with Crippen LogP contribution in [-0.4, -0.2) is 6.61 Å². The topological polar surface area (TPSA) is 39.4 Å². The van der Waals surface area contributed by atoms with E-state index >= 15 is 0 Å². The van der Waals surface area contributed by atoms with Gasteiger partial charge in [-0.25, -0.2) is 9.18 Å². The van der Waals surface area contributed by atoms with Crippen molar-refractivity contribution < 1.29 is 13.5 Å². The molecule has 3 nitrogen and oxygen atoms in total. The van der Waals surface area contributed by atoms with Gasteiger partial charge < -0.3 is 9.15 Å². The van der Waals surface area contributed by atoms with E-state index in [4.69, 9.17) is 9.15 Å². The van der Waals surface area contributed by atoms with Gasteiger partial charge in [-0.3, -0.25) is 0 Å². The number of ether oxygens (including phenoxy) is 1. The van der Waals surface area contributed by atoms with Gasteiger partial charge >= 0.3 is 5.63 Å². The Morgan fingerprint density at radius 3 is 2.64 bits per heavy atom. The van der Waals surface area contributed by atoms with E-state index in [1.807, 2.05) is 6.07 Å². The first-order chi connectivity index (χ1) is 10.6. The average Bonchev–Trinajstić information content (AvgIpc) is 2.51. The Hall–Kier alpha value is -2.14. The molecule has 1 heterocycles. The maximum Gasteiger partial charge on any atom is 0.350 e. The SMILES string of the molecule is O=c1oc2ccc(OCCc3ccc(F)cc3)cc2cc1Br. The van der Waals surface area contributed by atoms with Gasteiger partial charge in [-0.05, 0) is 57.9 Å². The molecule has 2 aromatic carbocycles. The summed E-state index contributed by atoms with van der Waals surface area (Å²) in [6.07, 6.45) is 0.686. The van der Waals surface area contributed by atoms with Gasteiger partial charge in [0.05, 0.1) is 6.61 Å². The first kappa shape index (κ1) is 14.8. The molecule has 22 heavy (non-hydrogen) atoms. The first-order valence-electron chi connectivity index (χ1n) is 6.72. The van der Waals surface area contributed by atoms with Crippen LogP contribution in [0.2, 0.25) is 0 Å². The third kappa shape index (κ3) is 3.36. The van der Waals surface area contributed by atoms with Crippen molar-refractivity contribution in [2.45, 2.75) is 6.42 Å². The number of rotatable bonds is 4. The second kappa shape index (κ2) is 6.32. The van der Waals surface area contributed by atoms with Crippen molar-refractivity contribution in [3.63, 3.8) is 0 Å². The predicted octanol–water partition coefficient (Wildman–Crippen LogP) is 4.32. The van der Waals surface area contributed by atoms with E-state index < -0.39 is 5.63 Å². The van der Waals surface area contributed by atoms with Gasteiger partial charge in [-0.2, -0.15) is 0 Å². The average molecular weight is 363 g/mol. The highest BCUT2D eigenvalue weighted by Gasteiger charge is 2.04. The molecule has 0 aliphatic carbocycles. The minimum absolute atomic E-state index is 0.244. The zero-order valence-corrected chi connectivity index (χ0v) is 13.1. The molecule has 5 heteroatoms. The Labute approximate surface area is 134 Å². The maximum absolute atomic E-state index is 12.8. The highest BCUT2D eigenvalue weighted by atomic mass is 79.9. The fraction of sp³-hybridized carbons (Fsp3) is 0.118. The molecule has 0 N–H and O–H groups in total. The van der Waals surface area contributed by atoms with E-state index in [0.717, 1.165) is 10.9 Å². The minimum Gasteiger partial charge on any atom is -0.493 e. The fourth-order valence-electron chi connectivity index (χ4n) is 2.10. The summed E-state index contributed by atoms with van der Waals surface area (Å²) in [4.78, 5) is 11.4. The third-order valence-corrected chi connectivity index (χ3v) is 3.79. The van der Waals surface area contributed by atoms with Crippen LogP contribution in [0.5, 0.6) is 5.75 Å². The van der Waals surface area contributed by atoms with Crippen molar-refractivity contribution in [2.24, 2.45) is 0 Å². The fourth-order valence-corrected chi connectivity index (χ4v) is 2.43. The summed E-state index contributed by atoms with van der Waals surface area (Å²) < 4.78 is 24.0. The lowest BCUT2D eigenvalue weighted by Gasteiger charge is -2.07. The van der Waals surface area contributed by atoms with Crippen molar-refractivity contribution in [2.75, 3.05) is 6.61 Å². The molecule has 0 amide bonds. The molecule has 3 aromatic rings. The molecular weight excluding hydrogens is 351 g/mol. The molecule has 1 aromatic heterocycles. The second-order valence-corrected chi connectivity index (χ2v) is 5.66. The molecule has 0 saturated heterocycles. The number of hydrogen-bond acceptors (Lipinski definition) is 3. The van der Waals surface area contributed by atoms with Gasteiger partial charge in [0.25, 0.3) is 0 Å². The van der Waals surface area contributed by atoms with E-state index in [-0.39, 0.29) is 5.82 Å². The van der Waals surface area contributed by atoms with Gasteiger partial charge in [0, 0.05) is 11.8 Å². The zero-order valence-electron chi connectivity index (χ0n) is 11.5. The smallest absolute Gasteiger partial charge is 0.350 e. The summed E-state index contributed by atoms with van der Waals surface area (Å²) in [5.74, 6) is 0.446. The molecule has 0 fully saturated rings.